The first-order valence-electron chi connectivity index (χ1n) is 12.8. The number of fused-ring (bicyclic) bond motifs is 2. The summed E-state index contributed by atoms with van der Waals surface area (Å²) in [5.41, 5.74) is 1.46. The van der Waals surface area contributed by atoms with E-state index in [9.17, 15) is 22.8 Å². The van der Waals surface area contributed by atoms with Gasteiger partial charge in [-0.15, -0.1) is 11.3 Å². The number of cyclic esters (lactones) is 1. The number of rotatable bonds is 5. The highest BCUT2D eigenvalue weighted by Gasteiger charge is 2.39. The van der Waals surface area contributed by atoms with Crippen molar-refractivity contribution in [2.75, 3.05) is 18.5 Å². The maximum atomic E-state index is 13.6. The van der Waals surface area contributed by atoms with Crippen LogP contribution in [-0.2, 0) is 17.5 Å². The fourth-order valence-corrected chi connectivity index (χ4v) is 5.94. The van der Waals surface area contributed by atoms with Crippen molar-refractivity contribution in [1.29, 1.82) is 5.26 Å². The van der Waals surface area contributed by atoms with Crippen LogP contribution < -0.4 is 10.9 Å². The number of amides is 1. The number of nitrogens with one attached hydrogen (secondary N) is 1. The van der Waals surface area contributed by atoms with Gasteiger partial charge in [-0.1, -0.05) is 12.1 Å². The SMILES string of the molecule is Cc1nc2cc(-c3ncc(C(F)(F)F)s3)c(N[C@H]3CCN4C(=O)OC[C@@H]4C3)nc2c(=O)n1Cc1ccc(C#N)cc1. The Balaban J connectivity index is 1.42. The van der Waals surface area contributed by atoms with Crippen molar-refractivity contribution in [2.45, 2.75) is 44.6 Å². The lowest BCUT2D eigenvalue weighted by Crippen LogP contribution is -2.45. The number of ether oxygens (including phenoxy) is 1. The third-order valence-electron chi connectivity index (χ3n) is 7.25. The normalized spacial score (nSPS) is 18.7. The number of thiazole rings is 1. The molecule has 0 bridgehead atoms. The number of nitrogens with zero attached hydrogens (tertiary/aromatic N) is 6. The van der Waals surface area contributed by atoms with E-state index in [0.29, 0.717) is 47.7 Å². The van der Waals surface area contributed by atoms with Crippen molar-refractivity contribution in [2.24, 2.45) is 0 Å². The number of aryl methyl sites for hydroxylation is 1. The summed E-state index contributed by atoms with van der Waals surface area (Å²) < 4.78 is 46.8. The van der Waals surface area contributed by atoms with Crippen LogP contribution in [0.15, 0.2) is 41.3 Å². The summed E-state index contributed by atoms with van der Waals surface area (Å²) in [6.45, 7) is 2.58. The van der Waals surface area contributed by atoms with Crippen molar-refractivity contribution < 1.29 is 22.7 Å². The van der Waals surface area contributed by atoms with E-state index in [0.717, 1.165) is 11.8 Å². The Bertz CT molecular complexity index is 1760. The summed E-state index contributed by atoms with van der Waals surface area (Å²) >= 11 is 0.487. The monoisotopic (exact) mass is 581 g/mol. The van der Waals surface area contributed by atoms with Crippen LogP contribution in [0, 0.1) is 18.3 Å². The molecule has 0 spiro atoms. The van der Waals surface area contributed by atoms with Crippen LogP contribution in [0.3, 0.4) is 0 Å². The number of halogens is 3. The number of hydrogen-bond acceptors (Lipinski definition) is 9. The zero-order chi connectivity index (χ0) is 28.9. The molecule has 0 unspecified atom stereocenters. The van der Waals surface area contributed by atoms with E-state index < -0.39 is 16.6 Å². The molecule has 2 aliphatic rings. The molecule has 2 atom stereocenters. The van der Waals surface area contributed by atoms with E-state index in [4.69, 9.17) is 10.00 Å². The lowest BCUT2D eigenvalue weighted by atomic mass is 9.98. The Morgan fingerprint density at radius 2 is 2.00 bits per heavy atom. The second-order valence-electron chi connectivity index (χ2n) is 9.93. The average Bonchev–Trinajstić information content (AvgIpc) is 3.59. The van der Waals surface area contributed by atoms with E-state index in [1.807, 2.05) is 0 Å². The van der Waals surface area contributed by atoms with Gasteiger partial charge in [0.15, 0.2) is 5.52 Å². The Kier molecular flexibility index (Phi) is 6.61. The summed E-state index contributed by atoms with van der Waals surface area (Å²) in [5.74, 6) is 0.616. The van der Waals surface area contributed by atoms with E-state index >= 15 is 0 Å². The number of alkyl halides is 3. The molecular weight excluding hydrogens is 559 g/mol. The maximum Gasteiger partial charge on any atom is 0.427 e. The number of hydrogen-bond donors (Lipinski definition) is 1. The van der Waals surface area contributed by atoms with Crippen LogP contribution in [-0.4, -0.2) is 55.7 Å². The van der Waals surface area contributed by atoms with E-state index in [-0.39, 0.29) is 53.2 Å². The van der Waals surface area contributed by atoms with Crippen LogP contribution in [0.2, 0.25) is 0 Å². The van der Waals surface area contributed by atoms with Gasteiger partial charge in [0, 0.05) is 12.6 Å². The summed E-state index contributed by atoms with van der Waals surface area (Å²) in [5, 5.41) is 12.5. The Hall–Kier alpha value is -4.51. The highest BCUT2D eigenvalue weighted by Crippen LogP contribution is 2.39. The van der Waals surface area contributed by atoms with Gasteiger partial charge in [-0.25, -0.2) is 19.7 Å². The van der Waals surface area contributed by atoms with Crippen LogP contribution in [0.25, 0.3) is 21.6 Å². The molecule has 1 aromatic carbocycles. The standard InChI is InChI=1S/C27H22F3N7O3S/c1-14-33-20-9-19(24-32-11-21(41-24)27(28,29)30)23(34-17-6-7-36-18(8-17)13-40-26(36)39)35-22(20)25(38)37(14)12-16-4-2-15(10-31)3-5-16/h2-5,9,11,17-18H,6-8,12-13H2,1H3,(H,34,35)/t17-,18-/m0/s1. The largest absolute Gasteiger partial charge is 0.447 e. The van der Waals surface area contributed by atoms with Crippen LogP contribution in [0.1, 0.15) is 34.7 Å². The number of piperidine rings is 1. The Labute approximate surface area is 235 Å². The van der Waals surface area contributed by atoms with Crippen LogP contribution >= 0.6 is 11.3 Å². The molecule has 0 saturated carbocycles. The second kappa shape index (κ2) is 10.2. The van der Waals surface area contributed by atoms with E-state index in [1.54, 1.807) is 42.2 Å². The molecule has 210 valence electrons. The second-order valence-corrected chi connectivity index (χ2v) is 11.0. The number of carbonyl (C=O) groups is 1. The molecule has 2 saturated heterocycles. The lowest BCUT2D eigenvalue weighted by Gasteiger charge is -2.33. The van der Waals surface area contributed by atoms with Crippen molar-refractivity contribution in [3.8, 4) is 16.6 Å². The van der Waals surface area contributed by atoms with Gasteiger partial charge in [0.2, 0.25) is 0 Å². The summed E-state index contributed by atoms with van der Waals surface area (Å²) in [6.07, 6.45) is -3.02. The van der Waals surface area contributed by atoms with Crippen molar-refractivity contribution in [3.63, 3.8) is 0 Å². The molecular formula is C27H22F3N7O3S. The molecule has 0 radical (unpaired) electrons. The van der Waals surface area contributed by atoms with Gasteiger partial charge in [-0.05, 0) is 43.5 Å². The number of anilines is 1. The van der Waals surface area contributed by atoms with Gasteiger partial charge in [-0.2, -0.15) is 18.4 Å². The number of nitriles is 1. The molecule has 2 aliphatic heterocycles. The van der Waals surface area contributed by atoms with Gasteiger partial charge in [0.05, 0.1) is 41.5 Å². The van der Waals surface area contributed by atoms with Gasteiger partial charge in [0.1, 0.15) is 28.1 Å². The van der Waals surface area contributed by atoms with Gasteiger partial charge >= 0.3 is 12.3 Å². The minimum Gasteiger partial charge on any atom is -0.447 e. The van der Waals surface area contributed by atoms with Gasteiger partial charge in [0.25, 0.3) is 5.56 Å². The number of carbonyl (C=O) groups excluding carboxylic acids is 1. The molecule has 0 aliphatic carbocycles. The third kappa shape index (κ3) is 5.08. The van der Waals surface area contributed by atoms with Gasteiger partial charge in [-0.3, -0.25) is 9.36 Å². The predicted octanol–water partition coefficient (Wildman–Crippen LogP) is 4.56. The van der Waals surface area contributed by atoms with Crippen molar-refractivity contribution in [1.82, 2.24) is 24.4 Å². The molecule has 41 heavy (non-hydrogen) atoms. The molecule has 14 heteroatoms. The molecule has 4 aromatic rings. The van der Waals surface area contributed by atoms with E-state index in [2.05, 4.69) is 26.3 Å². The Morgan fingerprint density at radius 1 is 1.22 bits per heavy atom. The number of pyridine rings is 1. The highest BCUT2D eigenvalue weighted by atomic mass is 32.1. The first-order valence-corrected chi connectivity index (χ1v) is 13.6. The summed E-state index contributed by atoms with van der Waals surface area (Å²) in [7, 11) is 0. The molecule has 5 heterocycles. The summed E-state index contributed by atoms with van der Waals surface area (Å²) in [4.78, 5) is 39.6. The van der Waals surface area contributed by atoms with E-state index in [1.165, 1.54) is 4.57 Å². The highest BCUT2D eigenvalue weighted by molar-refractivity contribution is 7.15. The molecule has 3 aromatic heterocycles. The van der Waals surface area contributed by atoms with Crippen molar-refractivity contribution in [3.05, 3.63) is 68.7 Å². The third-order valence-corrected chi connectivity index (χ3v) is 8.33. The fraction of sp³-hybridized carbons (Fsp3) is 0.333. The zero-order valence-electron chi connectivity index (χ0n) is 21.6. The lowest BCUT2D eigenvalue weighted by molar-refractivity contribution is -0.134. The molecule has 10 nitrogen and oxygen atoms in total. The smallest absolute Gasteiger partial charge is 0.427 e. The van der Waals surface area contributed by atoms with Crippen molar-refractivity contribution >= 4 is 34.3 Å². The average molecular weight is 582 g/mol. The molecule has 1 amide bonds. The minimum absolute atomic E-state index is 0.0555. The number of benzene rings is 1. The molecule has 1 N–H and O–H groups in total. The Morgan fingerprint density at radius 3 is 2.71 bits per heavy atom. The number of aromatic nitrogens is 4. The quantitative estimate of drug-likeness (QED) is 0.364. The topological polar surface area (TPSA) is 126 Å². The summed E-state index contributed by atoms with van der Waals surface area (Å²) in [6, 6.07) is 10.1. The first-order chi connectivity index (χ1) is 19.6. The van der Waals surface area contributed by atoms with Crippen LogP contribution in [0.5, 0.6) is 0 Å². The predicted molar refractivity (Wildman–Crippen MR) is 143 cm³/mol. The van der Waals surface area contributed by atoms with Gasteiger partial charge < -0.3 is 15.0 Å². The maximum absolute atomic E-state index is 13.6. The molecule has 2 fully saturated rings. The zero-order valence-corrected chi connectivity index (χ0v) is 22.4. The molecule has 6 rings (SSSR count). The minimum atomic E-state index is -4.55. The van der Waals surface area contributed by atoms with Crippen LogP contribution in [0.4, 0.5) is 23.8 Å². The fourth-order valence-electron chi connectivity index (χ4n) is 5.14. The first kappa shape index (κ1) is 26.7.